The molecule has 1 N–H and O–H groups in total. The van der Waals surface area contributed by atoms with Gasteiger partial charge in [0.15, 0.2) is 0 Å². The Morgan fingerprint density at radius 1 is 1.58 bits per heavy atom. The quantitative estimate of drug-likeness (QED) is 0.797. The van der Waals surface area contributed by atoms with Crippen molar-refractivity contribution < 1.29 is 4.74 Å². The highest BCUT2D eigenvalue weighted by atomic mass is 79.9. The van der Waals surface area contributed by atoms with Crippen molar-refractivity contribution >= 4 is 15.9 Å². The van der Waals surface area contributed by atoms with Gasteiger partial charge in [-0.05, 0) is 28.8 Å². The van der Waals surface area contributed by atoms with Crippen molar-refractivity contribution in [3.63, 3.8) is 0 Å². The van der Waals surface area contributed by atoms with Crippen molar-refractivity contribution in [2.75, 3.05) is 13.2 Å². The molecule has 1 aromatic heterocycles. The summed E-state index contributed by atoms with van der Waals surface area (Å²) in [4.78, 5) is 4.20. The molecule has 0 amide bonds. The van der Waals surface area contributed by atoms with Crippen LogP contribution in [0.15, 0.2) is 4.73 Å². The Bertz CT molecular complexity index is 257. The third kappa shape index (κ3) is 1.67. The lowest BCUT2D eigenvalue weighted by atomic mass is 10.0. The second-order valence-corrected chi connectivity index (χ2v) is 3.61. The molecule has 0 aliphatic carbocycles. The van der Waals surface area contributed by atoms with Crippen LogP contribution in [0, 0.1) is 0 Å². The summed E-state index contributed by atoms with van der Waals surface area (Å²) in [5.74, 6) is 1.33. The summed E-state index contributed by atoms with van der Waals surface area (Å²) in [6.45, 7) is 1.65. The summed E-state index contributed by atoms with van der Waals surface area (Å²) in [6.07, 6.45) is 2.25. The minimum atomic E-state index is 0.401. The lowest BCUT2D eigenvalue weighted by molar-refractivity contribution is 0.0781. The van der Waals surface area contributed by atoms with Gasteiger partial charge in [0, 0.05) is 12.5 Å². The van der Waals surface area contributed by atoms with E-state index < -0.39 is 0 Å². The Morgan fingerprint density at radius 2 is 2.50 bits per heavy atom. The molecule has 0 bridgehead atoms. The average Bonchev–Trinajstić information content (AvgIpc) is 2.54. The number of aromatic nitrogens is 3. The first-order valence-corrected chi connectivity index (χ1v) is 4.81. The van der Waals surface area contributed by atoms with E-state index in [4.69, 9.17) is 4.74 Å². The molecule has 0 aromatic carbocycles. The molecule has 2 heterocycles. The van der Waals surface area contributed by atoms with Crippen LogP contribution in [-0.4, -0.2) is 28.4 Å². The number of nitrogens with zero attached hydrogens (tertiary/aromatic N) is 2. The predicted octanol–water partition coefficient (Wildman–Crippen LogP) is 1.46. The second kappa shape index (κ2) is 3.53. The van der Waals surface area contributed by atoms with Crippen LogP contribution in [0.1, 0.15) is 24.6 Å². The molecule has 66 valence electrons. The average molecular weight is 232 g/mol. The molecule has 4 nitrogen and oxygen atoms in total. The fourth-order valence-corrected chi connectivity index (χ4v) is 1.67. The molecule has 1 aromatic rings. The SMILES string of the molecule is Brc1n[nH]c(C2CCCOC2)n1. The Labute approximate surface area is 78.8 Å². The molecule has 1 unspecified atom stereocenters. The third-order valence-electron chi connectivity index (χ3n) is 2.02. The fourth-order valence-electron chi connectivity index (χ4n) is 1.39. The van der Waals surface area contributed by atoms with E-state index in [1.54, 1.807) is 0 Å². The third-order valence-corrected chi connectivity index (χ3v) is 2.38. The van der Waals surface area contributed by atoms with Gasteiger partial charge in [0.2, 0.25) is 4.73 Å². The van der Waals surface area contributed by atoms with Crippen LogP contribution >= 0.6 is 15.9 Å². The monoisotopic (exact) mass is 231 g/mol. The molecule has 0 spiro atoms. The number of nitrogens with one attached hydrogen (secondary N) is 1. The van der Waals surface area contributed by atoms with Gasteiger partial charge < -0.3 is 4.74 Å². The van der Waals surface area contributed by atoms with Gasteiger partial charge in [0.1, 0.15) is 5.82 Å². The standard InChI is InChI=1S/C7H10BrN3O/c8-7-9-6(10-11-7)5-2-1-3-12-4-5/h5H,1-4H2,(H,9,10,11). The highest BCUT2D eigenvalue weighted by Gasteiger charge is 2.18. The summed E-state index contributed by atoms with van der Waals surface area (Å²) in [6, 6.07) is 0. The van der Waals surface area contributed by atoms with Crippen LogP contribution in [0.3, 0.4) is 0 Å². The molecule has 1 fully saturated rings. The first-order valence-electron chi connectivity index (χ1n) is 4.02. The normalized spacial score (nSPS) is 24.2. The van der Waals surface area contributed by atoms with Gasteiger partial charge >= 0.3 is 0 Å². The summed E-state index contributed by atoms with van der Waals surface area (Å²) in [5, 5.41) is 6.80. The topological polar surface area (TPSA) is 50.8 Å². The Kier molecular flexibility index (Phi) is 2.41. The highest BCUT2D eigenvalue weighted by Crippen LogP contribution is 2.22. The first-order chi connectivity index (χ1) is 5.86. The van der Waals surface area contributed by atoms with Gasteiger partial charge in [-0.15, -0.1) is 5.10 Å². The number of hydrogen-bond acceptors (Lipinski definition) is 3. The van der Waals surface area contributed by atoms with Crippen LogP contribution in [0.4, 0.5) is 0 Å². The van der Waals surface area contributed by atoms with Crippen LogP contribution in [0.2, 0.25) is 0 Å². The molecule has 5 heteroatoms. The number of halogens is 1. The van der Waals surface area contributed by atoms with Gasteiger partial charge in [0.25, 0.3) is 0 Å². The lowest BCUT2D eigenvalue weighted by Gasteiger charge is -2.19. The maximum atomic E-state index is 5.34. The number of ether oxygens (including phenoxy) is 1. The van der Waals surface area contributed by atoms with Crippen LogP contribution in [0.5, 0.6) is 0 Å². The van der Waals surface area contributed by atoms with Crippen molar-refractivity contribution in [3.05, 3.63) is 10.6 Å². The zero-order valence-corrected chi connectivity index (χ0v) is 8.17. The first kappa shape index (κ1) is 8.19. The molecule has 2 rings (SSSR count). The summed E-state index contributed by atoms with van der Waals surface area (Å²) in [5.41, 5.74) is 0. The van der Waals surface area contributed by atoms with Gasteiger partial charge in [-0.1, -0.05) is 0 Å². The lowest BCUT2D eigenvalue weighted by Crippen LogP contribution is -2.16. The van der Waals surface area contributed by atoms with Gasteiger partial charge in [-0.2, -0.15) is 0 Å². The summed E-state index contributed by atoms with van der Waals surface area (Å²) in [7, 11) is 0. The second-order valence-electron chi connectivity index (χ2n) is 2.90. The number of H-pyrrole nitrogens is 1. The van der Waals surface area contributed by atoms with E-state index in [9.17, 15) is 0 Å². The van der Waals surface area contributed by atoms with Crippen molar-refractivity contribution in [2.45, 2.75) is 18.8 Å². The van der Waals surface area contributed by atoms with Crippen molar-refractivity contribution in [3.8, 4) is 0 Å². The molecule has 12 heavy (non-hydrogen) atoms. The molecular formula is C7H10BrN3O. The van der Waals surface area contributed by atoms with Gasteiger partial charge in [-0.3, -0.25) is 5.10 Å². The predicted molar refractivity (Wildman–Crippen MR) is 46.9 cm³/mol. The van der Waals surface area contributed by atoms with E-state index in [0.29, 0.717) is 10.7 Å². The minimum Gasteiger partial charge on any atom is -0.381 e. The zero-order chi connectivity index (χ0) is 8.39. The van der Waals surface area contributed by atoms with E-state index >= 15 is 0 Å². The number of rotatable bonds is 1. The Balaban J connectivity index is 2.08. The van der Waals surface area contributed by atoms with Crippen LogP contribution < -0.4 is 0 Å². The molecule has 1 aliphatic heterocycles. The van der Waals surface area contributed by atoms with Crippen LogP contribution in [0.25, 0.3) is 0 Å². The maximum absolute atomic E-state index is 5.34. The van der Waals surface area contributed by atoms with E-state index in [1.165, 1.54) is 0 Å². The molecule has 1 atom stereocenters. The Morgan fingerprint density at radius 3 is 3.08 bits per heavy atom. The van der Waals surface area contributed by atoms with Crippen molar-refractivity contribution in [2.24, 2.45) is 0 Å². The largest absolute Gasteiger partial charge is 0.381 e. The Hall–Kier alpha value is -0.420. The van der Waals surface area contributed by atoms with Gasteiger partial charge in [-0.25, -0.2) is 4.98 Å². The number of aromatic amines is 1. The fraction of sp³-hybridized carbons (Fsp3) is 0.714. The van der Waals surface area contributed by atoms with E-state index in [-0.39, 0.29) is 0 Å². The summed E-state index contributed by atoms with van der Waals surface area (Å²) >= 11 is 3.20. The minimum absolute atomic E-state index is 0.401. The molecule has 1 aliphatic rings. The van der Waals surface area contributed by atoms with E-state index in [2.05, 4.69) is 31.1 Å². The molecule has 1 saturated heterocycles. The van der Waals surface area contributed by atoms with Crippen molar-refractivity contribution in [1.29, 1.82) is 0 Å². The summed E-state index contributed by atoms with van der Waals surface area (Å²) < 4.78 is 5.97. The maximum Gasteiger partial charge on any atom is 0.217 e. The van der Waals surface area contributed by atoms with E-state index in [0.717, 1.165) is 31.9 Å². The smallest absolute Gasteiger partial charge is 0.217 e. The number of hydrogen-bond donors (Lipinski definition) is 1. The molecule has 0 saturated carbocycles. The van der Waals surface area contributed by atoms with E-state index in [1.807, 2.05) is 0 Å². The molecule has 0 radical (unpaired) electrons. The highest BCUT2D eigenvalue weighted by molar-refractivity contribution is 9.10. The molecular weight excluding hydrogens is 222 g/mol. The zero-order valence-electron chi connectivity index (χ0n) is 6.59. The van der Waals surface area contributed by atoms with Crippen LogP contribution in [-0.2, 0) is 4.74 Å². The van der Waals surface area contributed by atoms with Gasteiger partial charge in [0.05, 0.1) is 6.61 Å². The van der Waals surface area contributed by atoms with Crippen molar-refractivity contribution in [1.82, 2.24) is 15.2 Å².